The molecule has 0 bridgehead atoms. The lowest BCUT2D eigenvalue weighted by molar-refractivity contribution is -0.115. The lowest BCUT2D eigenvalue weighted by Crippen LogP contribution is -2.19. The third kappa shape index (κ3) is 6.36. The summed E-state index contributed by atoms with van der Waals surface area (Å²) in [6, 6.07) is 24.2. The molecule has 0 aliphatic carbocycles. The number of unbranched alkanes of at least 4 members (excludes halogenated alkanes) is 1. The van der Waals surface area contributed by atoms with E-state index in [1.54, 1.807) is 0 Å². The molecule has 5 heteroatoms. The lowest BCUT2D eigenvalue weighted by Gasteiger charge is -2.10. The highest BCUT2D eigenvalue weighted by molar-refractivity contribution is 8.18. The second-order valence-corrected chi connectivity index (χ2v) is 9.09. The van der Waals surface area contributed by atoms with Crippen LogP contribution in [-0.4, -0.2) is 11.1 Å². The molecule has 1 amide bonds. The molecule has 1 saturated heterocycles. The quantitative estimate of drug-likeness (QED) is 0.379. The number of benzene rings is 3. The van der Waals surface area contributed by atoms with E-state index in [1.807, 2.05) is 42.5 Å². The molecule has 0 unspecified atom stereocenters. The summed E-state index contributed by atoms with van der Waals surface area (Å²) in [4.78, 5) is 17.8. The highest BCUT2D eigenvalue weighted by Gasteiger charge is 2.24. The average molecular weight is 457 g/mol. The number of carbonyl (C=O) groups excluding carboxylic acids is 1. The van der Waals surface area contributed by atoms with Gasteiger partial charge in [-0.3, -0.25) is 4.79 Å². The van der Waals surface area contributed by atoms with Gasteiger partial charge in [-0.15, -0.1) is 0 Å². The monoisotopic (exact) mass is 456 g/mol. The Labute approximate surface area is 199 Å². The number of hydrogen-bond donors (Lipinski definition) is 1. The van der Waals surface area contributed by atoms with Crippen molar-refractivity contribution in [1.82, 2.24) is 5.32 Å². The molecule has 4 rings (SSSR count). The van der Waals surface area contributed by atoms with E-state index in [0.717, 1.165) is 29.0 Å². The Balaban J connectivity index is 1.45. The van der Waals surface area contributed by atoms with Crippen molar-refractivity contribution in [3.05, 3.63) is 100.0 Å². The molecule has 1 heterocycles. The Kier molecular flexibility index (Phi) is 7.63. The fourth-order valence-electron chi connectivity index (χ4n) is 3.43. The van der Waals surface area contributed by atoms with Crippen LogP contribution in [0.1, 0.15) is 42.0 Å². The fourth-order valence-corrected chi connectivity index (χ4v) is 4.27. The maximum atomic E-state index is 12.6. The minimum absolute atomic E-state index is 0.147. The first-order chi connectivity index (χ1) is 16.1. The van der Waals surface area contributed by atoms with Crippen molar-refractivity contribution in [2.75, 3.05) is 0 Å². The minimum Gasteiger partial charge on any atom is -0.488 e. The van der Waals surface area contributed by atoms with Crippen LogP contribution in [0, 0.1) is 6.92 Å². The predicted molar refractivity (Wildman–Crippen MR) is 138 cm³/mol. The first kappa shape index (κ1) is 22.9. The van der Waals surface area contributed by atoms with Gasteiger partial charge in [0.15, 0.2) is 5.17 Å². The van der Waals surface area contributed by atoms with E-state index < -0.39 is 0 Å². The largest absolute Gasteiger partial charge is 0.488 e. The summed E-state index contributed by atoms with van der Waals surface area (Å²) in [6.07, 6.45) is 5.31. The van der Waals surface area contributed by atoms with Crippen LogP contribution in [0.3, 0.4) is 0 Å². The number of aryl methyl sites for hydroxylation is 2. The van der Waals surface area contributed by atoms with Gasteiger partial charge in [0.2, 0.25) is 0 Å². The molecule has 4 nitrogen and oxygen atoms in total. The maximum Gasteiger partial charge on any atom is 0.264 e. The van der Waals surface area contributed by atoms with Gasteiger partial charge in [-0.2, -0.15) is 0 Å². The van der Waals surface area contributed by atoms with Gasteiger partial charge in [-0.1, -0.05) is 73.5 Å². The Morgan fingerprint density at radius 2 is 1.70 bits per heavy atom. The number of para-hydroxylation sites is 1. The maximum absolute atomic E-state index is 12.6. The van der Waals surface area contributed by atoms with E-state index in [0.29, 0.717) is 16.7 Å². The van der Waals surface area contributed by atoms with Crippen LogP contribution < -0.4 is 10.1 Å². The number of thioether (sulfide) groups is 1. The molecule has 168 valence electrons. The standard InChI is InChI=1S/C28H28N2O2S/c1-3-4-7-21-14-16-24(17-15-21)29-28-30-27(31)26(33-28)18-23-8-5-6-9-25(23)32-19-22-12-10-20(2)11-13-22/h5-6,8-18H,3-4,7,19H2,1-2H3,(H,29,30,31)/b26-18-. The van der Waals surface area contributed by atoms with Crippen molar-refractivity contribution in [3.63, 3.8) is 0 Å². The van der Waals surface area contributed by atoms with Gasteiger partial charge < -0.3 is 10.1 Å². The Hall–Kier alpha value is -3.31. The summed E-state index contributed by atoms with van der Waals surface area (Å²) in [6.45, 7) is 4.73. The van der Waals surface area contributed by atoms with E-state index in [4.69, 9.17) is 4.74 Å². The summed E-state index contributed by atoms with van der Waals surface area (Å²) >= 11 is 1.35. The topological polar surface area (TPSA) is 50.7 Å². The van der Waals surface area contributed by atoms with Crippen LogP contribution in [0.15, 0.2) is 82.7 Å². The molecule has 3 aromatic rings. The van der Waals surface area contributed by atoms with Gasteiger partial charge in [0.05, 0.1) is 10.6 Å². The molecular weight excluding hydrogens is 428 g/mol. The Bertz CT molecular complexity index is 1170. The van der Waals surface area contributed by atoms with E-state index in [-0.39, 0.29) is 5.91 Å². The van der Waals surface area contributed by atoms with Gasteiger partial charge in [0, 0.05) is 5.56 Å². The van der Waals surface area contributed by atoms with Crippen molar-refractivity contribution < 1.29 is 9.53 Å². The summed E-state index contributed by atoms with van der Waals surface area (Å²) < 4.78 is 6.05. The molecule has 0 aromatic heterocycles. The van der Waals surface area contributed by atoms with Gasteiger partial charge >= 0.3 is 0 Å². The number of carbonyl (C=O) groups is 1. The van der Waals surface area contributed by atoms with E-state index in [9.17, 15) is 4.79 Å². The highest BCUT2D eigenvalue weighted by atomic mass is 32.2. The average Bonchev–Trinajstić information content (AvgIpc) is 3.17. The predicted octanol–water partition coefficient (Wildman–Crippen LogP) is 6.81. The van der Waals surface area contributed by atoms with Crippen LogP contribution >= 0.6 is 11.8 Å². The van der Waals surface area contributed by atoms with Crippen molar-refractivity contribution in [2.45, 2.75) is 39.7 Å². The molecule has 1 aliphatic rings. The normalized spacial score (nSPS) is 15.8. The number of ether oxygens (including phenoxy) is 1. The zero-order valence-electron chi connectivity index (χ0n) is 19.0. The Morgan fingerprint density at radius 3 is 2.45 bits per heavy atom. The van der Waals surface area contributed by atoms with E-state index in [1.165, 1.54) is 35.7 Å². The molecular formula is C28H28N2O2S. The van der Waals surface area contributed by atoms with Crippen molar-refractivity contribution in [2.24, 2.45) is 4.99 Å². The van der Waals surface area contributed by atoms with Gasteiger partial charge in [0.1, 0.15) is 12.4 Å². The fraction of sp³-hybridized carbons (Fsp3) is 0.214. The number of rotatable bonds is 8. The third-order valence-electron chi connectivity index (χ3n) is 5.36. The Morgan fingerprint density at radius 1 is 0.970 bits per heavy atom. The summed E-state index contributed by atoms with van der Waals surface area (Å²) in [5, 5.41) is 3.46. The van der Waals surface area contributed by atoms with Crippen molar-refractivity contribution in [3.8, 4) is 5.75 Å². The first-order valence-corrected chi connectivity index (χ1v) is 12.1. The number of nitrogens with zero attached hydrogens (tertiary/aromatic N) is 1. The first-order valence-electron chi connectivity index (χ1n) is 11.3. The second-order valence-electron chi connectivity index (χ2n) is 8.06. The van der Waals surface area contributed by atoms with Crippen LogP contribution in [0.2, 0.25) is 0 Å². The van der Waals surface area contributed by atoms with Crippen LogP contribution in [0.25, 0.3) is 6.08 Å². The van der Waals surface area contributed by atoms with Crippen molar-refractivity contribution in [1.29, 1.82) is 0 Å². The number of amides is 1. The molecule has 1 N–H and O–H groups in total. The van der Waals surface area contributed by atoms with Crippen LogP contribution in [0.4, 0.5) is 5.69 Å². The zero-order valence-corrected chi connectivity index (χ0v) is 19.8. The van der Waals surface area contributed by atoms with Gasteiger partial charge in [0.25, 0.3) is 5.91 Å². The smallest absolute Gasteiger partial charge is 0.264 e. The van der Waals surface area contributed by atoms with Crippen LogP contribution in [-0.2, 0) is 17.8 Å². The number of amidine groups is 1. The van der Waals surface area contributed by atoms with E-state index in [2.05, 4.69) is 60.6 Å². The molecule has 1 fully saturated rings. The number of aliphatic imine (C=N–C) groups is 1. The van der Waals surface area contributed by atoms with Gasteiger partial charge in [-0.25, -0.2) is 4.99 Å². The highest BCUT2D eigenvalue weighted by Crippen LogP contribution is 2.31. The lowest BCUT2D eigenvalue weighted by atomic mass is 10.1. The molecule has 3 aromatic carbocycles. The zero-order chi connectivity index (χ0) is 23.0. The number of nitrogens with one attached hydrogen (secondary N) is 1. The van der Waals surface area contributed by atoms with E-state index >= 15 is 0 Å². The summed E-state index contributed by atoms with van der Waals surface area (Å²) in [7, 11) is 0. The molecule has 0 radical (unpaired) electrons. The molecule has 0 saturated carbocycles. The SMILES string of the molecule is CCCCc1ccc(N=C2NC(=O)/C(=C/c3ccccc3OCc3ccc(C)cc3)S2)cc1. The van der Waals surface area contributed by atoms with Crippen LogP contribution in [0.5, 0.6) is 5.75 Å². The van der Waals surface area contributed by atoms with Gasteiger partial charge in [-0.05, 0) is 66.9 Å². The molecule has 33 heavy (non-hydrogen) atoms. The number of hydrogen-bond acceptors (Lipinski definition) is 4. The molecule has 0 atom stereocenters. The third-order valence-corrected chi connectivity index (χ3v) is 6.27. The van der Waals surface area contributed by atoms with Crippen molar-refractivity contribution >= 4 is 34.6 Å². The minimum atomic E-state index is -0.147. The molecule has 1 aliphatic heterocycles. The summed E-state index contributed by atoms with van der Waals surface area (Å²) in [5.74, 6) is 0.596. The second kappa shape index (κ2) is 11.0. The molecule has 0 spiro atoms. The summed E-state index contributed by atoms with van der Waals surface area (Å²) in [5.41, 5.74) is 5.33.